The van der Waals surface area contributed by atoms with Crippen LogP contribution in [-0.4, -0.2) is 19.6 Å². The number of aromatic nitrogens is 3. The van der Waals surface area contributed by atoms with E-state index in [4.69, 9.17) is 14.4 Å². The summed E-state index contributed by atoms with van der Waals surface area (Å²) in [5.41, 5.74) is 13.4. The Balaban J connectivity index is 0.00000518. The maximum Gasteiger partial charge on any atom is 0.148 e. The summed E-state index contributed by atoms with van der Waals surface area (Å²) in [6.45, 7) is 19.9. The SMILES string of the molecule is CC(C)(C)c1ccc(-n2c(-c3cc(C(C)(C)C)cc(C(C)(C)C)c3O)nc3c(-c4[c-]c(-c5cc6oc7ccc8ccccc8c7c6cn5)ccc4)cccc32)c(-c2ccccc2)c1.[Pt]. The van der Waals surface area contributed by atoms with Gasteiger partial charge in [0.25, 0.3) is 0 Å². The molecule has 0 atom stereocenters. The largest absolute Gasteiger partial charge is 0.507 e. The summed E-state index contributed by atoms with van der Waals surface area (Å²) in [6, 6.07) is 52.5. The average Bonchev–Trinajstić information content (AvgIpc) is 3.84. The number of imidazole rings is 1. The molecule has 0 amide bonds. The number of phenolic OH excluding ortho intramolecular Hbond substituents is 1. The van der Waals surface area contributed by atoms with Crippen LogP contribution in [0.2, 0.25) is 0 Å². The second-order valence-electron chi connectivity index (χ2n) is 20.0. The Morgan fingerprint density at radius 3 is 2.03 bits per heavy atom. The Morgan fingerprint density at radius 2 is 1.28 bits per heavy atom. The van der Waals surface area contributed by atoms with Crippen LogP contribution in [-0.2, 0) is 37.3 Å². The van der Waals surface area contributed by atoms with Crippen LogP contribution in [0.3, 0.4) is 0 Å². The first-order chi connectivity index (χ1) is 30.0. The summed E-state index contributed by atoms with van der Waals surface area (Å²) in [5, 5.41) is 16.8. The minimum atomic E-state index is -0.325. The molecular weight excluding hydrogens is 966 g/mol. The minimum absolute atomic E-state index is 0. The van der Waals surface area contributed by atoms with E-state index >= 15 is 0 Å². The number of phenols is 1. The Labute approximate surface area is 390 Å². The fraction of sp³-hybridized carbons (Fsp3) is 0.207. The summed E-state index contributed by atoms with van der Waals surface area (Å²) in [6.07, 6.45) is 1.93. The van der Waals surface area contributed by atoms with Gasteiger partial charge in [0.2, 0.25) is 0 Å². The van der Waals surface area contributed by atoms with Crippen LogP contribution >= 0.6 is 0 Å². The molecule has 0 aliphatic rings. The number of hydrogen-bond donors (Lipinski definition) is 1. The van der Waals surface area contributed by atoms with Gasteiger partial charge in [0.05, 0.1) is 22.3 Å². The van der Waals surface area contributed by atoms with Gasteiger partial charge in [-0.2, -0.15) is 0 Å². The van der Waals surface area contributed by atoms with Crippen molar-refractivity contribution in [3.63, 3.8) is 0 Å². The Kier molecular flexibility index (Phi) is 10.6. The minimum Gasteiger partial charge on any atom is -0.507 e. The van der Waals surface area contributed by atoms with E-state index in [9.17, 15) is 5.11 Å². The van der Waals surface area contributed by atoms with Gasteiger partial charge in [-0.15, -0.1) is 29.8 Å². The van der Waals surface area contributed by atoms with Crippen molar-refractivity contribution in [3.8, 4) is 56.3 Å². The van der Waals surface area contributed by atoms with E-state index in [1.54, 1.807) is 0 Å². The van der Waals surface area contributed by atoms with E-state index in [1.165, 1.54) is 10.9 Å². The summed E-state index contributed by atoms with van der Waals surface area (Å²) < 4.78 is 8.70. The maximum atomic E-state index is 12.4. The summed E-state index contributed by atoms with van der Waals surface area (Å²) >= 11 is 0. The zero-order valence-corrected chi connectivity index (χ0v) is 40.1. The van der Waals surface area contributed by atoms with Gasteiger partial charge in [-0.3, -0.25) is 9.55 Å². The van der Waals surface area contributed by atoms with Crippen molar-refractivity contribution in [2.24, 2.45) is 0 Å². The van der Waals surface area contributed by atoms with Crippen LogP contribution in [0.4, 0.5) is 0 Å². The van der Waals surface area contributed by atoms with Gasteiger partial charge >= 0.3 is 0 Å². The molecule has 0 spiro atoms. The number of para-hydroxylation sites is 1. The van der Waals surface area contributed by atoms with Crippen LogP contribution in [0.5, 0.6) is 5.75 Å². The summed E-state index contributed by atoms with van der Waals surface area (Å²) in [4.78, 5) is 10.6. The maximum absolute atomic E-state index is 12.4. The number of fused-ring (bicyclic) bond motifs is 6. The van der Waals surface area contributed by atoms with Gasteiger partial charge in [-0.25, -0.2) is 4.98 Å². The van der Waals surface area contributed by atoms with Crippen molar-refractivity contribution < 1.29 is 30.6 Å². The molecule has 7 aromatic carbocycles. The molecule has 0 saturated carbocycles. The second-order valence-corrected chi connectivity index (χ2v) is 20.0. The van der Waals surface area contributed by atoms with E-state index in [0.717, 1.165) is 88.7 Å². The smallest absolute Gasteiger partial charge is 0.148 e. The third-order valence-corrected chi connectivity index (χ3v) is 12.5. The molecule has 0 aliphatic carbocycles. The first kappa shape index (κ1) is 43.0. The van der Waals surface area contributed by atoms with E-state index in [-0.39, 0.29) is 43.1 Å². The number of hydrogen-bond acceptors (Lipinski definition) is 4. The number of nitrogens with zero attached hydrogens (tertiary/aromatic N) is 3. The van der Waals surface area contributed by atoms with Crippen molar-refractivity contribution in [3.05, 3.63) is 168 Å². The molecule has 0 unspecified atom stereocenters. The van der Waals surface area contributed by atoms with Crippen LogP contribution in [0.25, 0.3) is 94.3 Å². The molecule has 322 valence electrons. The molecule has 6 heteroatoms. The number of rotatable bonds is 5. The van der Waals surface area contributed by atoms with Gasteiger partial charge in [0, 0.05) is 54.9 Å². The molecule has 0 fully saturated rings. The van der Waals surface area contributed by atoms with Crippen LogP contribution < -0.4 is 0 Å². The second kappa shape index (κ2) is 15.7. The topological polar surface area (TPSA) is 64.1 Å². The predicted molar refractivity (Wildman–Crippen MR) is 262 cm³/mol. The quantitative estimate of drug-likeness (QED) is 0.175. The third-order valence-electron chi connectivity index (χ3n) is 12.5. The molecule has 10 aromatic rings. The summed E-state index contributed by atoms with van der Waals surface area (Å²) in [7, 11) is 0. The molecule has 10 rings (SSSR count). The molecular formula is C58H52N3O2Pt-. The fourth-order valence-electron chi connectivity index (χ4n) is 8.96. The zero-order chi connectivity index (χ0) is 44.0. The molecule has 1 N–H and O–H groups in total. The van der Waals surface area contributed by atoms with Crippen molar-refractivity contribution in [1.82, 2.24) is 14.5 Å². The van der Waals surface area contributed by atoms with E-state index < -0.39 is 0 Å². The van der Waals surface area contributed by atoms with Crippen molar-refractivity contribution >= 4 is 43.7 Å². The standard InChI is InChI=1S/C58H52N3O2.Pt/c1-56(2,3)39-26-27-48(43(30-39)35-17-11-10-12-18-35)61-49-24-16-23-42(53(49)60-55(61)44-31-40(57(4,5)6)32-46(54(44)62)58(7,8)9)37-20-15-21-38(29-37)47-33-51-45(34-59-47)52-41-22-14-13-19-36(41)25-28-50(52)63-51;/h10-28,30-34,62H,1-9H3;/q-1;. The molecule has 0 radical (unpaired) electrons. The van der Waals surface area contributed by atoms with Crippen molar-refractivity contribution in [2.45, 2.75) is 78.6 Å². The monoisotopic (exact) mass is 1020 g/mol. The number of aromatic hydroxyl groups is 1. The van der Waals surface area contributed by atoms with Gasteiger partial charge in [0.1, 0.15) is 22.7 Å². The fourth-order valence-corrected chi connectivity index (χ4v) is 8.96. The van der Waals surface area contributed by atoms with Crippen LogP contribution in [0, 0.1) is 6.07 Å². The Bertz CT molecular complexity index is 3410. The average molecular weight is 1020 g/mol. The normalized spacial score (nSPS) is 12.4. The predicted octanol–water partition coefficient (Wildman–Crippen LogP) is 15.5. The molecule has 0 aliphatic heterocycles. The Morgan fingerprint density at radius 1 is 0.578 bits per heavy atom. The molecule has 64 heavy (non-hydrogen) atoms. The third kappa shape index (κ3) is 7.44. The van der Waals surface area contributed by atoms with E-state index in [0.29, 0.717) is 11.4 Å². The molecule has 3 heterocycles. The number of benzene rings is 7. The van der Waals surface area contributed by atoms with Gasteiger partial charge in [-0.1, -0.05) is 158 Å². The number of furan rings is 1. The zero-order valence-electron chi connectivity index (χ0n) is 37.9. The first-order valence-electron chi connectivity index (χ1n) is 21.9. The van der Waals surface area contributed by atoms with Gasteiger partial charge in [-0.05, 0) is 80.1 Å². The van der Waals surface area contributed by atoms with E-state index in [1.807, 2.05) is 24.4 Å². The van der Waals surface area contributed by atoms with Crippen LogP contribution in [0.15, 0.2) is 150 Å². The van der Waals surface area contributed by atoms with E-state index in [2.05, 4.69) is 194 Å². The Hall–Kier alpha value is -6.29. The van der Waals surface area contributed by atoms with Crippen LogP contribution in [0.1, 0.15) is 79.0 Å². The molecule has 5 nitrogen and oxygen atoms in total. The van der Waals surface area contributed by atoms with Crippen molar-refractivity contribution in [1.29, 1.82) is 0 Å². The molecule has 0 bridgehead atoms. The van der Waals surface area contributed by atoms with Gasteiger partial charge < -0.3 is 9.52 Å². The van der Waals surface area contributed by atoms with Crippen molar-refractivity contribution in [2.75, 3.05) is 0 Å². The first-order valence-corrected chi connectivity index (χ1v) is 21.9. The summed E-state index contributed by atoms with van der Waals surface area (Å²) in [5.74, 6) is 0.919. The number of pyridine rings is 1. The molecule has 3 aromatic heterocycles. The van der Waals surface area contributed by atoms with Gasteiger partial charge in [0.15, 0.2) is 0 Å². The molecule has 0 saturated heterocycles.